The number of likely N-dealkylation sites (tertiary alicyclic amines) is 1. The van der Waals surface area contributed by atoms with E-state index in [1.165, 1.54) is 6.20 Å². The Labute approximate surface area is 142 Å². The highest BCUT2D eigenvalue weighted by Gasteiger charge is 2.36. The molecule has 2 unspecified atom stereocenters. The average molecular weight is 330 g/mol. The summed E-state index contributed by atoms with van der Waals surface area (Å²) in [6, 6.07) is 9.46. The summed E-state index contributed by atoms with van der Waals surface area (Å²) < 4.78 is 0. The van der Waals surface area contributed by atoms with E-state index in [2.05, 4.69) is 17.3 Å². The fourth-order valence-electron chi connectivity index (χ4n) is 2.92. The van der Waals surface area contributed by atoms with Gasteiger partial charge in [-0.2, -0.15) is 0 Å². The fraction of sp³-hybridized carbons (Fsp3) is 0.353. The summed E-state index contributed by atoms with van der Waals surface area (Å²) in [7, 11) is 0. The molecule has 0 radical (unpaired) electrons. The molecule has 0 saturated carbocycles. The van der Waals surface area contributed by atoms with Crippen molar-refractivity contribution in [3.8, 4) is 0 Å². The van der Waals surface area contributed by atoms with E-state index in [0.717, 1.165) is 17.7 Å². The normalized spacial score (nSPS) is 20.8. The van der Waals surface area contributed by atoms with E-state index in [1.807, 2.05) is 35.2 Å². The van der Waals surface area contributed by atoms with Crippen molar-refractivity contribution in [2.24, 2.45) is 17.3 Å². The topological polar surface area (TPSA) is 122 Å². The number of rotatable bonds is 7. The van der Waals surface area contributed by atoms with E-state index in [9.17, 15) is 4.79 Å². The van der Waals surface area contributed by atoms with E-state index in [1.54, 1.807) is 0 Å². The standard InChI is InChI=1S/C17H26N6O/c1-12(9-14(10-18)22-20)23-15(7-8-16(23)19)17(24)21-11-13-5-3-2-4-6-13/h2-6,10,15-16,22H,1,7-9,11,18-20H2,(H,21,24)/b14-10-. The first-order valence-corrected chi connectivity index (χ1v) is 7.97. The summed E-state index contributed by atoms with van der Waals surface area (Å²) in [6.07, 6.45) is 3.00. The highest BCUT2D eigenvalue weighted by molar-refractivity contribution is 5.82. The van der Waals surface area contributed by atoms with E-state index in [0.29, 0.717) is 25.1 Å². The van der Waals surface area contributed by atoms with Crippen LogP contribution in [0.5, 0.6) is 0 Å². The summed E-state index contributed by atoms with van der Waals surface area (Å²) in [4.78, 5) is 14.4. The van der Waals surface area contributed by atoms with E-state index >= 15 is 0 Å². The molecule has 0 bridgehead atoms. The van der Waals surface area contributed by atoms with Crippen LogP contribution >= 0.6 is 0 Å². The van der Waals surface area contributed by atoms with Gasteiger partial charge in [-0.15, -0.1) is 0 Å². The lowest BCUT2D eigenvalue weighted by Crippen LogP contribution is -2.47. The van der Waals surface area contributed by atoms with Gasteiger partial charge in [0.2, 0.25) is 5.91 Å². The minimum atomic E-state index is -0.326. The number of hydrogen-bond donors (Lipinski definition) is 5. The van der Waals surface area contributed by atoms with Crippen LogP contribution < -0.4 is 28.1 Å². The van der Waals surface area contributed by atoms with Gasteiger partial charge in [0.1, 0.15) is 6.04 Å². The average Bonchev–Trinajstić information content (AvgIpc) is 3.00. The maximum Gasteiger partial charge on any atom is 0.243 e. The first-order valence-electron chi connectivity index (χ1n) is 7.97. The smallest absolute Gasteiger partial charge is 0.243 e. The van der Waals surface area contributed by atoms with E-state index in [-0.39, 0.29) is 18.1 Å². The van der Waals surface area contributed by atoms with E-state index < -0.39 is 0 Å². The predicted octanol–water partition coefficient (Wildman–Crippen LogP) is 0.219. The second-order valence-electron chi connectivity index (χ2n) is 5.85. The van der Waals surface area contributed by atoms with Gasteiger partial charge in [0, 0.05) is 30.6 Å². The molecule has 1 amide bonds. The van der Waals surface area contributed by atoms with Crippen LogP contribution in [0.4, 0.5) is 0 Å². The third-order valence-corrected chi connectivity index (χ3v) is 4.19. The fourth-order valence-corrected chi connectivity index (χ4v) is 2.92. The molecule has 7 heteroatoms. The summed E-state index contributed by atoms with van der Waals surface area (Å²) in [5.74, 6) is 5.35. The monoisotopic (exact) mass is 330 g/mol. The van der Waals surface area contributed by atoms with Crippen LogP contribution in [0.25, 0.3) is 0 Å². The van der Waals surface area contributed by atoms with Gasteiger partial charge < -0.3 is 27.1 Å². The van der Waals surface area contributed by atoms with Gasteiger partial charge >= 0.3 is 0 Å². The Kier molecular flexibility index (Phi) is 6.22. The quantitative estimate of drug-likeness (QED) is 0.360. The van der Waals surface area contributed by atoms with Gasteiger partial charge in [-0.3, -0.25) is 10.6 Å². The number of hydrogen-bond acceptors (Lipinski definition) is 6. The summed E-state index contributed by atoms with van der Waals surface area (Å²) in [5.41, 5.74) is 16.6. The van der Waals surface area contributed by atoms with Gasteiger partial charge in [0.25, 0.3) is 0 Å². The van der Waals surface area contributed by atoms with Crippen molar-refractivity contribution in [2.45, 2.75) is 38.0 Å². The highest BCUT2D eigenvalue weighted by atomic mass is 16.2. The Morgan fingerprint density at radius 3 is 2.67 bits per heavy atom. The minimum absolute atomic E-state index is 0.0491. The molecule has 8 N–H and O–H groups in total. The molecule has 0 spiro atoms. The Hall–Kier alpha value is -2.51. The molecule has 1 saturated heterocycles. The van der Waals surface area contributed by atoms with Crippen molar-refractivity contribution in [1.82, 2.24) is 15.6 Å². The van der Waals surface area contributed by atoms with E-state index in [4.69, 9.17) is 17.3 Å². The summed E-state index contributed by atoms with van der Waals surface area (Å²) in [6.45, 7) is 4.54. The number of nitrogens with one attached hydrogen (secondary N) is 2. The lowest BCUT2D eigenvalue weighted by Gasteiger charge is -2.31. The molecule has 1 aliphatic heterocycles. The van der Waals surface area contributed by atoms with Crippen molar-refractivity contribution < 1.29 is 4.79 Å². The van der Waals surface area contributed by atoms with Crippen LogP contribution in [0.1, 0.15) is 24.8 Å². The molecular formula is C17H26N6O. The Morgan fingerprint density at radius 2 is 2.04 bits per heavy atom. The number of nitrogens with two attached hydrogens (primary N) is 3. The minimum Gasteiger partial charge on any atom is -0.403 e. The maximum atomic E-state index is 12.6. The summed E-state index contributed by atoms with van der Waals surface area (Å²) >= 11 is 0. The van der Waals surface area contributed by atoms with Crippen LogP contribution in [0.3, 0.4) is 0 Å². The number of carbonyl (C=O) groups excluding carboxylic acids is 1. The Balaban J connectivity index is 1.99. The van der Waals surface area contributed by atoms with Gasteiger partial charge in [-0.25, -0.2) is 0 Å². The first-order chi connectivity index (χ1) is 11.6. The molecule has 7 nitrogen and oxygen atoms in total. The molecule has 1 heterocycles. The van der Waals surface area contributed by atoms with Crippen molar-refractivity contribution >= 4 is 5.91 Å². The third-order valence-electron chi connectivity index (χ3n) is 4.19. The Morgan fingerprint density at radius 1 is 1.33 bits per heavy atom. The summed E-state index contributed by atoms with van der Waals surface area (Å²) in [5, 5.41) is 2.97. The number of nitrogens with zero attached hydrogens (tertiary/aromatic N) is 1. The molecule has 1 aromatic rings. The van der Waals surface area contributed by atoms with Gasteiger partial charge in [0.05, 0.1) is 6.17 Å². The molecule has 130 valence electrons. The first kappa shape index (κ1) is 17.8. The highest BCUT2D eigenvalue weighted by Crippen LogP contribution is 2.27. The number of benzene rings is 1. The second kappa shape index (κ2) is 8.37. The zero-order chi connectivity index (χ0) is 17.5. The second-order valence-corrected chi connectivity index (χ2v) is 5.85. The number of hydrazine groups is 1. The van der Waals surface area contributed by atoms with Crippen molar-refractivity contribution in [3.05, 3.63) is 60.1 Å². The van der Waals surface area contributed by atoms with Crippen LogP contribution in [0, 0.1) is 0 Å². The van der Waals surface area contributed by atoms with Crippen LogP contribution in [-0.4, -0.2) is 23.0 Å². The number of carbonyl (C=O) groups is 1. The van der Waals surface area contributed by atoms with Crippen molar-refractivity contribution in [1.29, 1.82) is 0 Å². The Bertz CT molecular complexity index is 600. The molecule has 1 aromatic carbocycles. The maximum absolute atomic E-state index is 12.6. The molecule has 0 aliphatic carbocycles. The third kappa shape index (κ3) is 4.27. The largest absolute Gasteiger partial charge is 0.403 e. The number of amides is 1. The predicted molar refractivity (Wildman–Crippen MR) is 94.5 cm³/mol. The van der Waals surface area contributed by atoms with Crippen LogP contribution in [0.2, 0.25) is 0 Å². The lowest BCUT2D eigenvalue weighted by molar-refractivity contribution is -0.125. The molecule has 2 rings (SSSR count). The SMILES string of the molecule is C=C(C/C(=C/N)NN)N1C(N)CCC1C(=O)NCc1ccccc1. The molecule has 0 aromatic heterocycles. The van der Waals surface area contributed by atoms with Gasteiger partial charge in [-0.1, -0.05) is 36.9 Å². The van der Waals surface area contributed by atoms with Crippen molar-refractivity contribution in [2.75, 3.05) is 0 Å². The zero-order valence-corrected chi connectivity index (χ0v) is 13.7. The molecule has 1 aliphatic rings. The van der Waals surface area contributed by atoms with Gasteiger partial charge in [0.15, 0.2) is 0 Å². The molecule has 1 fully saturated rings. The van der Waals surface area contributed by atoms with Gasteiger partial charge in [-0.05, 0) is 18.4 Å². The molecular weight excluding hydrogens is 304 g/mol. The lowest BCUT2D eigenvalue weighted by atomic mass is 10.1. The molecule has 24 heavy (non-hydrogen) atoms. The van der Waals surface area contributed by atoms with Crippen LogP contribution in [-0.2, 0) is 11.3 Å². The molecule has 2 atom stereocenters. The van der Waals surface area contributed by atoms with Crippen LogP contribution in [0.15, 0.2) is 54.5 Å². The zero-order valence-electron chi connectivity index (χ0n) is 13.7. The van der Waals surface area contributed by atoms with Crippen molar-refractivity contribution in [3.63, 3.8) is 0 Å².